The van der Waals surface area contributed by atoms with E-state index in [-0.39, 0.29) is 11.9 Å². The molecular formula is C24H30ClNO2. The summed E-state index contributed by atoms with van der Waals surface area (Å²) in [4.78, 5) is 12.8. The molecule has 1 aliphatic rings. The Morgan fingerprint density at radius 1 is 1.14 bits per heavy atom. The SMILES string of the molecule is CC(C)(C)OC(=O)C(Cc1ccc(Cl)c(NCc2ccccc2)c1)C1CCC1. The fourth-order valence-corrected chi connectivity index (χ4v) is 3.73. The van der Waals surface area contributed by atoms with E-state index in [1.165, 1.54) is 12.0 Å². The second-order valence-electron chi connectivity index (χ2n) is 8.69. The van der Waals surface area contributed by atoms with Crippen LogP contribution in [0.15, 0.2) is 48.5 Å². The van der Waals surface area contributed by atoms with Crippen molar-refractivity contribution in [2.24, 2.45) is 11.8 Å². The topological polar surface area (TPSA) is 38.3 Å². The molecule has 28 heavy (non-hydrogen) atoms. The summed E-state index contributed by atoms with van der Waals surface area (Å²) in [6.45, 7) is 6.49. The van der Waals surface area contributed by atoms with Gasteiger partial charge in [-0.05, 0) is 69.2 Å². The van der Waals surface area contributed by atoms with Gasteiger partial charge in [0.2, 0.25) is 0 Å². The molecule has 0 spiro atoms. The van der Waals surface area contributed by atoms with Crippen LogP contribution in [-0.2, 0) is 22.5 Å². The molecule has 0 amide bonds. The molecule has 0 radical (unpaired) electrons. The Morgan fingerprint density at radius 3 is 2.46 bits per heavy atom. The molecule has 1 aliphatic carbocycles. The second-order valence-corrected chi connectivity index (χ2v) is 9.10. The van der Waals surface area contributed by atoms with Crippen LogP contribution >= 0.6 is 11.6 Å². The number of esters is 1. The molecule has 2 aromatic carbocycles. The van der Waals surface area contributed by atoms with Gasteiger partial charge < -0.3 is 10.1 Å². The fraction of sp³-hybridized carbons (Fsp3) is 0.458. The Kier molecular flexibility index (Phi) is 6.66. The van der Waals surface area contributed by atoms with Crippen LogP contribution in [0.1, 0.15) is 51.2 Å². The molecule has 4 heteroatoms. The number of hydrogen-bond acceptors (Lipinski definition) is 3. The van der Waals surface area contributed by atoms with Crippen molar-refractivity contribution in [2.45, 2.75) is 58.6 Å². The number of carbonyl (C=O) groups excluding carboxylic acids is 1. The van der Waals surface area contributed by atoms with Crippen molar-refractivity contribution in [3.63, 3.8) is 0 Å². The van der Waals surface area contributed by atoms with Crippen LogP contribution in [0, 0.1) is 11.8 Å². The summed E-state index contributed by atoms with van der Waals surface area (Å²) in [5.74, 6) is 0.258. The summed E-state index contributed by atoms with van der Waals surface area (Å²) in [6, 6.07) is 16.2. The van der Waals surface area contributed by atoms with Gasteiger partial charge in [-0.3, -0.25) is 4.79 Å². The Hall–Kier alpha value is -2.00. The lowest BCUT2D eigenvalue weighted by atomic mass is 9.73. The molecule has 0 aromatic heterocycles. The number of benzene rings is 2. The standard InChI is InChI=1S/C24H30ClNO2/c1-24(2,3)28-23(27)20(19-10-7-11-19)14-18-12-13-21(25)22(15-18)26-16-17-8-5-4-6-9-17/h4-6,8-9,12-13,15,19-20,26H,7,10-11,14,16H2,1-3H3. The van der Waals surface area contributed by atoms with Crippen LogP contribution in [0.25, 0.3) is 0 Å². The number of hydrogen-bond donors (Lipinski definition) is 1. The van der Waals surface area contributed by atoms with E-state index >= 15 is 0 Å². The summed E-state index contributed by atoms with van der Waals surface area (Å²) in [7, 11) is 0. The van der Waals surface area contributed by atoms with Crippen molar-refractivity contribution in [3.8, 4) is 0 Å². The second kappa shape index (κ2) is 9.00. The number of rotatable bonds is 7. The zero-order valence-corrected chi connectivity index (χ0v) is 17.8. The van der Waals surface area contributed by atoms with Crippen LogP contribution in [0.5, 0.6) is 0 Å². The van der Waals surface area contributed by atoms with E-state index in [0.29, 0.717) is 23.9 Å². The molecule has 3 rings (SSSR count). The molecule has 3 nitrogen and oxygen atoms in total. The Bertz CT molecular complexity index is 794. The first-order valence-corrected chi connectivity index (χ1v) is 10.5. The normalized spacial score (nSPS) is 15.6. The van der Waals surface area contributed by atoms with Crippen molar-refractivity contribution in [1.29, 1.82) is 0 Å². The van der Waals surface area contributed by atoms with Crippen molar-refractivity contribution >= 4 is 23.3 Å². The highest BCUT2D eigenvalue weighted by atomic mass is 35.5. The van der Waals surface area contributed by atoms with E-state index in [0.717, 1.165) is 24.1 Å². The monoisotopic (exact) mass is 399 g/mol. The van der Waals surface area contributed by atoms with Gasteiger partial charge >= 0.3 is 5.97 Å². The van der Waals surface area contributed by atoms with Crippen LogP contribution in [0.2, 0.25) is 5.02 Å². The zero-order chi connectivity index (χ0) is 20.1. The van der Waals surface area contributed by atoms with Gasteiger partial charge in [0.15, 0.2) is 0 Å². The van der Waals surface area contributed by atoms with Gasteiger partial charge in [0.25, 0.3) is 0 Å². The number of nitrogens with one attached hydrogen (secondary N) is 1. The van der Waals surface area contributed by atoms with Gasteiger partial charge in [0.1, 0.15) is 5.60 Å². The molecule has 2 aromatic rings. The van der Waals surface area contributed by atoms with Crippen molar-refractivity contribution in [1.82, 2.24) is 0 Å². The predicted octanol–water partition coefficient (Wildman–Crippen LogP) is 6.25. The molecule has 0 saturated heterocycles. The van der Waals surface area contributed by atoms with Gasteiger partial charge in [-0.2, -0.15) is 0 Å². The summed E-state index contributed by atoms with van der Waals surface area (Å²) in [5, 5.41) is 4.11. The smallest absolute Gasteiger partial charge is 0.310 e. The summed E-state index contributed by atoms with van der Waals surface area (Å²) < 4.78 is 5.71. The number of anilines is 1. The lowest BCUT2D eigenvalue weighted by molar-refractivity contribution is -0.163. The summed E-state index contributed by atoms with van der Waals surface area (Å²) >= 11 is 6.40. The lowest BCUT2D eigenvalue weighted by Gasteiger charge is -2.34. The highest BCUT2D eigenvalue weighted by molar-refractivity contribution is 6.33. The van der Waals surface area contributed by atoms with Gasteiger partial charge in [-0.15, -0.1) is 0 Å². The van der Waals surface area contributed by atoms with E-state index < -0.39 is 5.60 Å². The largest absolute Gasteiger partial charge is 0.460 e. The number of ether oxygens (including phenoxy) is 1. The minimum absolute atomic E-state index is 0.0778. The molecule has 0 aliphatic heterocycles. The maximum Gasteiger partial charge on any atom is 0.310 e. The average Bonchev–Trinajstić information content (AvgIpc) is 2.59. The first-order chi connectivity index (χ1) is 13.3. The molecule has 1 N–H and O–H groups in total. The average molecular weight is 400 g/mol. The van der Waals surface area contributed by atoms with E-state index in [2.05, 4.69) is 23.5 Å². The molecule has 1 atom stereocenters. The molecule has 1 fully saturated rings. The lowest BCUT2D eigenvalue weighted by Crippen LogP contribution is -2.36. The van der Waals surface area contributed by atoms with Crippen LogP contribution in [0.4, 0.5) is 5.69 Å². The fourth-order valence-electron chi connectivity index (χ4n) is 3.54. The van der Waals surface area contributed by atoms with Gasteiger partial charge in [-0.1, -0.05) is 54.4 Å². The van der Waals surface area contributed by atoms with Crippen molar-refractivity contribution in [3.05, 3.63) is 64.7 Å². The van der Waals surface area contributed by atoms with Crippen LogP contribution in [0.3, 0.4) is 0 Å². The van der Waals surface area contributed by atoms with Gasteiger partial charge in [0.05, 0.1) is 16.6 Å². The Balaban J connectivity index is 1.71. The predicted molar refractivity (Wildman–Crippen MR) is 116 cm³/mol. The van der Waals surface area contributed by atoms with E-state index in [1.807, 2.05) is 51.1 Å². The molecule has 0 bridgehead atoms. The summed E-state index contributed by atoms with van der Waals surface area (Å²) in [5.41, 5.74) is 2.76. The third-order valence-corrected chi connectivity index (χ3v) is 5.57. The first kappa shape index (κ1) is 20.7. The van der Waals surface area contributed by atoms with Gasteiger partial charge in [0, 0.05) is 6.54 Å². The molecule has 1 saturated carbocycles. The summed E-state index contributed by atoms with van der Waals surface area (Å²) in [6.07, 6.45) is 4.11. The van der Waals surface area contributed by atoms with Crippen molar-refractivity contribution in [2.75, 3.05) is 5.32 Å². The van der Waals surface area contributed by atoms with Crippen LogP contribution < -0.4 is 5.32 Å². The minimum atomic E-state index is -0.457. The molecule has 150 valence electrons. The highest BCUT2D eigenvalue weighted by Gasteiger charge is 2.35. The third kappa shape index (κ3) is 5.75. The number of carbonyl (C=O) groups is 1. The maximum atomic E-state index is 12.8. The van der Waals surface area contributed by atoms with Crippen molar-refractivity contribution < 1.29 is 9.53 Å². The Morgan fingerprint density at radius 2 is 1.86 bits per heavy atom. The van der Waals surface area contributed by atoms with Crippen LogP contribution in [-0.4, -0.2) is 11.6 Å². The third-order valence-electron chi connectivity index (χ3n) is 5.24. The van der Waals surface area contributed by atoms with E-state index in [4.69, 9.17) is 16.3 Å². The van der Waals surface area contributed by atoms with E-state index in [1.54, 1.807) is 0 Å². The Labute approximate surface area is 173 Å². The van der Waals surface area contributed by atoms with Gasteiger partial charge in [-0.25, -0.2) is 0 Å². The maximum absolute atomic E-state index is 12.8. The molecular weight excluding hydrogens is 370 g/mol. The zero-order valence-electron chi connectivity index (χ0n) is 17.0. The minimum Gasteiger partial charge on any atom is -0.460 e. The molecule has 1 unspecified atom stereocenters. The number of halogens is 1. The quantitative estimate of drug-likeness (QED) is 0.559. The van der Waals surface area contributed by atoms with E-state index in [9.17, 15) is 4.79 Å². The highest BCUT2D eigenvalue weighted by Crippen LogP contribution is 2.37. The first-order valence-electron chi connectivity index (χ1n) is 10.1. The molecule has 0 heterocycles.